The number of fused-ring (bicyclic) bond motifs is 1. The van der Waals surface area contributed by atoms with Crippen LogP contribution in [-0.4, -0.2) is 26.2 Å². The summed E-state index contributed by atoms with van der Waals surface area (Å²) in [6.07, 6.45) is 1.13. The molecule has 2 nitrogen and oxygen atoms in total. The third-order valence-corrected chi connectivity index (χ3v) is 3.90. The van der Waals surface area contributed by atoms with Gasteiger partial charge in [0.1, 0.15) is 0 Å². The zero-order valence-corrected chi connectivity index (χ0v) is 11.5. The highest BCUT2D eigenvalue weighted by Crippen LogP contribution is 2.38. The number of anilines is 1. The molecule has 1 heterocycles. The molecule has 0 spiro atoms. The predicted octanol–water partition coefficient (Wildman–Crippen LogP) is 2.78. The van der Waals surface area contributed by atoms with Crippen LogP contribution in [0.2, 0.25) is 0 Å². The molecule has 1 aliphatic rings. The normalized spacial score (nSPS) is 20.5. The van der Waals surface area contributed by atoms with Crippen molar-refractivity contribution >= 4 is 5.69 Å². The molecule has 2 unspecified atom stereocenters. The molecule has 0 saturated heterocycles. The molecule has 1 aliphatic heterocycles. The van der Waals surface area contributed by atoms with Crippen LogP contribution in [0.5, 0.6) is 0 Å². The van der Waals surface area contributed by atoms with Crippen molar-refractivity contribution in [3.8, 4) is 0 Å². The Hall–Kier alpha value is -1.02. The Balaban J connectivity index is 2.33. The Bertz CT molecular complexity index is 387. The molecular formula is C15H24N2. The first kappa shape index (κ1) is 12.4. The van der Waals surface area contributed by atoms with Crippen LogP contribution in [0.3, 0.4) is 0 Å². The van der Waals surface area contributed by atoms with Crippen molar-refractivity contribution in [2.24, 2.45) is 0 Å². The maximum absolute atomic E-state index is 3.33. The summed E-state index contributed by atoms with van der Waals surface area (Å²) >= 11 is 0. The van der Waals surface area contributed by atoms with Crippen molar-refractivity contribution in [1.82, 2.24) is 5.32 Å². The number of nitrogens with one attached hydrogen (secondary N) is 1. The van der Waals surface area contributed by atoms with Crippen molar-refractivity contribution in [1.29, 1.82) is 0 Å². The van der Waals surface area contributed by atoms with Crippen molar-refractivity contribution in [3.63, 3.8) is 0 Å². The van der Waals surface area contributed by atoms with Crippen LogP contribution in [-0.2, 0) is 6.42 Å². The number of rotatable bonds is 4. The van der Waals surface area contributed by atoms with E-state index in [0.29, 0.717) is 12.0 Å². The molecule has 0 bridgehead atoms. The summed E-state index contributed by atoms with van der Waals surface area (Å²) in [6, 6.07) is 7.32. The largest absolute Gasteiger partial charge is 0.371 e. The molecule has 0 radical (unpaired) electrons. The summed E-state index contributed by atoms with van der Waals surface area (Å²) in [7, 11) is 2.04. The molecule has 94 valence electrons. The van der Waals surface area contributed by atoms with E-state index in [4.69, 9.17) is 0 Å². The van der Waals surface area contributed by atoms with Gasteiger partial charge in [-0.05, 0) is 44.5 Å². The Labute approximate surface area is 105 Å². The Morgan fingerprint density at radius 2 is 2.24 bits per heavy atom. The quantitative estimate of drug-likeness (QED) is 0.858. The van der Waals surface area contributed by atoms with Gasteiger partial charge < -0.3 is 10.2 Å². The average molecular weight is 232 g/mol. The molecule has 2 rings (SSSR count). The van der Waals surface area contributed by atoms with E-state index in [9.17, 15) is 0 Å². The maximum atomic E-state index is 3.33. The number of hydrogen-bond acceptors (Lipinski definition) is 2. The third-order valence-electron chi connectivity index (χ3n) is 3.90. The minimum atomic E-state index is 0.546. The topological polar surface area (TPSA) is 15.3 Å². The first-order valence-corrected chi connectivity index (χ1v) is 6.71. The van der Waals surface area contributed by atoms with Crippen LogP contribution >= 0.6 is 0 Å². The monoisotopic (exact) mass is 232 g/mol. The van der Waals surface area contributed by atoms with Crippen LogP contribution in [0.15, 0.2) is 18.2 Å². The minimum absolute atomic E-state index is 0.546. The lowest BCUT2D eigenvalue weighted by Gasteiger charge is -2.18. The van der Waals surface area contributed by atoms with E-state index in [0.717, 1.165) is 13.0 Å². The molecule has 0 fully saturated rings. The van der Waals surface area contributed by atoms with Gasteiger partial charge in [0.15, 0.2) is 0 Å². The van der Waals surface area contributed by atoms with Gasteiger partial charge in [-0.25, -0.2) is 0 Å². The van der Waals surface area contributed by atoms with Gasteiger partial charge in [0.25, 0.3) is 0 Å². The Morgan fingerprint density at radius 3 is 2.88 bits per heavy atom. The van der Waals surface area contributed by atoms with Gasteiger partial charge in [0.05, 0.1) is 0 Å². The molecule has 0 aromatic heterocycles. The summed E-state index contributed by atoms with van der Waals surface area (Å²) in [6.45, 7) is 9.13. The molecule has 17 heavy (non-hydrogen) atoms. The second kappa shape index (κ2) is 5.09. The standard InChI is InChI=1S/C15H24N2/c1-5-17-10-11(2)15-13(9-12(3)16-4)7-6-8-14(15)17/h6-8,11-12,16H,5,9-10H2,1-4H3. The zero-order valence-electron chi connectivity index (χ0n) is 11.5. The number of hydrogen-bond donors (Lipinski definition) is 1. The van der Waals surface area contributed by atoms with Gasteiger partial charge in [-0.15, -0.1) is 0 Å². The van der Waals surface area contributed by atoms with E-state index < -0.39 is 0 Å². The predicted molar refractivity (Wildman–Crippen MR) is 75.0 cm³/mol. The van der Waals surface area contributed by atoms with E-state index in [-0.39, 0.29) is 0 Å². The number of likely N-dealkylation sites (N-methyl/N-ethyl adjacent to an activating group) is 2. The van der Waals surface area contributed by atoms with E-state index in [1.807, 2.05) is 7.05 Å². The third kappa shape index (κ3) is 2.32. The zero-order chi connectivity index (χ0) is 12.4. The van der Waals surface area contributed by atoms with E-state index in [2.05, 4.69) is 49.2 Å². The van der Waals surface area contributed by atoms with Crippen molar-refractivity contribution < 1.29 is 0 Å². The van der Waals surface area contributed by atoms with Crippen LogP contribution in [0.4, 0.5) is 5.69 Å². The van der Waals surface area contributed by atoms with E-state index in [1.165, 1.54) is 17.8 Å². The molecular weight excluding hydrogens is 208 g/mol. The molecule has 0 aliphatic carbocycles. The van der Waals surface area contributed by atoms with Crippen molar-refractivity contribution in [3.05, 3.63) is 29.3 Å². The number of benzene rings is 1. The van der Waals surface area contributed by atoms with Crippen LogP contribution in [0.25, 0.3) is 0 Å². The van der Waals surface area contributed by atoms with Gasteiger partial charge in [-0.2, -0.15) is 0 Å². The lowest BCUT2D eigenvalue weighted by Crippen LogP contribution is -2.24. The molecule has 1 aromatic rings. The van der Waals surface area contributed by atoms with Crippen LogP contribution in [0, 0.1) is 0 Å². The van der Waals surface area contributed by atoms with Gasteiger partial charge in [-0.3, -0.25) is 0 Å². The Kier molecular flexibility index (Phi) is 3.72. The highest BCUT2D eigenvalue weighted by atomic mass is 15.1. The molecule has 1 aromatic carbocycles. The Morgan fingerprint density at radius 1 is 1.47 bits per heavy atom. The lowest BCUT2D eigenvalue weighted by atomic mass is 9.93. The van der Waals surface area contributed by atoms with Gasteiger partial charge in [-0.1, -0.05) is 19.1 Å². The summed E-state index contributed by atoms with van der Waals surface area (Å²) in [5.41, 5.74) is 4.56. The fraction of sp³-hybridized carbons (Fsp3) is 0.600. The molecule has 2 atom stereocenters. The fourth-order valence-electron chi connectivity index (χ4n) is 2.87. The van der Waals surface area contributed by atoms with E-state index in [1.54, 1.807) is 5.56 Å². The van der Waals surface area contributed by atoms with Crippen molar-refractivity contribution in [2.75, 3.05) is 25.0 Å². The summed E-state index contributed by atoms with van der Waals surface area (Å²) in [5.74, 6) is 0.671. The van der Waals surface area contributed by atoms with Crippen LogP contribution in [0.1, 0.15) is 37.8 Å². The second-order valence-electron chi connectivity index (χ2n) is 5.18. The lowest BCUT2D eigenvalue weighted by molar-refractivity contribution is 0.604. The van der Waals surface area contributed by atoms with Crippen LogP contribution < -0.4 is 10.2 Å². The first-order chi connectivity index (χ1) is 8.17. The molecule has 0 amide bonds. The maximum Gasteiger partial charge on any atom is 0.0405 e. The highest BCUT2D eigenvalue weighted by molar-refractivity contribution is 5.63. The van der Waals surface area contributed by atoms with Gasteiger partial charge >= 0.3 is 0 Å². The molecule has 0 saturated carbocycles. The molecule has 1 N–H and O–H groups in total. The second-order valence-corrected chi connectivity index (χ2v) is 5.18. The van der Waals surface area contributed by atoms with Gasteiger partial charge in [0.2, 0.25) is 0 Å². The number of nitrogens with zero attached hydrogens (tertiary/aromatic N) is 1. The summed E-state index contributed by atoms with van der Waals surface area (Å²) in [4.78, 5) is 2.49. The van der Waals surface area contributed by atoms with Crippen molar-refractivity contribution in [2.45, 2.75) is 39.2 Å². The molecule has 2 heteroatoms. The average Bonchev–Trinajstić information content (AvgIpc) is 2.67. The fourth-order valence-corrected chi connectivity index (χ4v) is 2.87. The van der Waals surface area contributed by atoms with E-state index >= 15 is 0 Å². The highest BCUT2D eigenvalue weighted by Gasteiger charge is 2.26. The summed E-state index contributed by atoms with van der Waals surface area (Å²) in [5, 5.41) is 3.33. The SMILES string of the molecule is CCN1CC(C)c2c(CC(C)NC)cccc21. The minimum Gasteiger partial charge on any atom is -0.371 e. The van der Waals surface area contributed by atoms with Gasteiger partial charge in [0, 0.05) is 30.7 Å². The summed E-state index contributed by atoms with van der Waals surface area (Å²) < 4.78 is 0. The smallest absolute Gasteiger partial charge is 0.0405 e. The first-order valence-electron chi connectivity index (χ1n) is 6.71.